The number of likely N-dealkylation sites (tertiary alicyclic amines) is 1. The third-order valence-corrected chi connectivity index (χ3v) is 7.59. The largest absolute Gasteiger partial charge is 0.367 e. The Hall–Kier alpha value is -2.39. The molecule has 2 N–H and O–H groups in total. The third kappa shape index (κ3) is 4.83. The van der Waals surface area contributed by atoms with Crippen LogP contribution in [-0.4, -0.2) is 67.8 Å². The fourth-order valence-corrected chi connectivity index (χ4v) is 5.41. The summed E-state index contributed by atoms with van der Waals surface area (Å²) in [5, 5.41) is 6.69. The van der Waals surface area contributed by atoms with Crippen LogP contribution in [0.25, 0.3) is 0 Å². The highest BCUT2D eigenvalue weighted by atomic mass is 32.2. The van der Waals surface area contributed by atoms with Gasteiger partial charge in [-0.3, -0.25) is 4.90 Å². The number of nitrogens with zero attached hydrogens (tertiary/aromatic N) is 4. The Morgan fingerprint density at radius 3 is 2.62 bits per heavy atom. The first kappa shape index (κ1) is 22.8. The Morgan fingerprint density at radius 1 is 1.22 bits per heavy atom. The number of hydrogen-bond donors (Lipinski definition) is 2. The van der Waals surface area contributed by atoms with Gasteiger partial charge in [0.1, 0.15) is 5.82 Å². The van der Waals surface area contributed by atoms with Crippen LogP contribution in [0.2, 0.25) is 0 Å². The van der Waals surface area contributed by atoms with Gasteiger partial charge in [-0.25, -0.2) is 13.4 Å². The molecule has 4 rings (SSSR count). The van der Waals surface area contributed by atoms with E-state index >= 15 is 0 Å². The molecule has 0 unspecified atom stereocenters. The van der Waals surface area contributed by atoms with Gasteiger partial charge in [0, 0.05) is 60.6 Å². The summed E-state index contributed by atoms with van der Waals surface area (Å²) >= 11 is 0. The Morgan fingerprint density at radius 2 is 2.00 bits per heavy atom. The molecular formula is C23H34N6O2S. The van der Waals surface area contributed by atoms with Crippen molar-refractivity contribution in [3.63, 3.8) is 0 Å². The fraction of sp³-hybridized carbons (Fsp3) is 0.565. The lowest BCUT2D eigenvalue weighted by molar-refractivity contribution is 0.292. The van der Waals surface area contributed by atoms with Gasteiger partial charge in [-0.05, 0) is 51.9 Å². The second-order valence-corrected chi connectivity index (χ2v) is 11.3. The number of sulfone groups is 1. The van der Waals surface area contributed by atoms with Crippen LogP contribution in [0.4, 0.5) is 23.1 Å². The summed E-state index contributed by atoms with van der Waals surface area (Å²) in [4.78, 5) is 14.1. The van der Waals surface area contributed by atoms with Gasteiger partial charge in [0.2, 0.25) is 5.95 Å². The predicted molar refractivity (Wildman–Crippen MR) is 130 cm³/mol. The first-order chi connectivity index (χ1) is 15.1. The van der Waals surface area contributed by atoms with Crippen LogP contribution in [0.3, 0.4) is 0 Å². The van der Waals surface area contributed by atoms with Gasteiger partial charge >= 0.3 is 0 Å². The minimum Gasteiger partial charge on any atom is -0.367 e. The van der Waals surface area contributed by atoms with Crippen molar-refractivity contribution in [1.29, 1.82) is 0 Å². The average molecular weight is 459 g/mol. The van der Waals surface area contributed by atoms with E-state index < -0.39 is 9.84 Å². The predicted octanol–water partition coefficient (Wildman–Crippen LogP) is 3.43. The third-order valence-electron chi connectivity index (χ3n) is 6.50. The molecule has 2 saturated heterocycles. The van der Waals surface area contributed by atoms with Crippen molar-refractivity contribution >= 4 is 33.0 Å². The van der Waals surface area contributed by atoms with Gasteiger partial charge in [0.25, 0.3) is 0 Å². The number of aryl methyl sites for hydroxylation is 1. The van der Waals surface area contributed by atoms with Crippen molar-refractivity contribution in [3.8, 4) is 0 Å². The molecule has 0 aliphatic carbocycles. The van der Waals surface area contributed by atoms with E-state index in [2.05, 4.69) is 51.3 Å². The normalized spacial score (nSPS) is 21.7. The monoisotopic (exact) mass is 458 g/mol. The molecule has 2 aromatic rings. The van der Waals surface area contributed by atoms with Crippen molar-refractivity contribution in [3.05, 3.63) is 30.0 Å². The smallest absolute Gasteiger partial charge is 0.229 e. The number of likely N-dealkylation sites (N-methyl/N-ethyl adjacent to an activating group) is 1. The number of aromatic nitrogens is 2. The zero-order valence-corrected chi connectivity index (χ0v) is 20.4. The Kier molecular flexibility index (Phi) is 6.31. The van der Waals surface area contributed by atoms with E-state index in [0.717, 1.165) is 49.4 Å². The maximum Gasteiger partial charge on any atom is 0.229 e. The SMILES string of the molecule is CCC[C@@H](C)Nc1nc(Nc2cc(N3C[C@@H]4C[C@H]3CN4C)cc(S(C)(=O)=O)c2)ncc1C. The average Bonchev–Trinajstić information content (AvgIpc) is 3.29. The molecule has 0 saturated carbocycles. The van der Waals surface area contributed by atoms with E-state index in [1.807, 2.05) is 13.0 Å². The van der Waals surface area contributed by atoms with Gasteiger partial charge in [-0.1, -0.05) is 13.3 Å². The van der Waals surface area contributed by atoms with Gasteiger partial charge in [-0.2, -0.15) is 4.98 Å². The zero-order valence-electron chi connectivity index (χ0n) is 19.6. The van der Waals surface area contributed by atoms with E-state index in [1.54, 1.807) is 18.3 Å². The van der Waals surface area contributed by atoms with Crippen molar-refractivity contribution in [1.82, 2.24) is 14.9 Å². The number of nitrogens with one attached hydrogen (secondary N) is 2. The minimum atomic E-state index is -3.36. The first-order valence-corrected chi connectivity index (χ1v) is 13.2. The Labute approximate surface area is 191 Å². The first-order valence-electron chi connectivity index (χ1n) is 11.3. The molecule has 2 aliphatic rings. The van der Waals surface area contributed by atoms with Crippen LogP contribution in [0, 0.1) is 6.92 Å². The van der Waals surface area contributed by atoms with E-state index in [0.29, 0.717) is 34.7 Å². The Balaban J connectivity index is 1.62. The van der Waals surface area contributed by atoms with Gasteiger partial charge in [-0.15, -0.1) is 0 Å². The van der Waals surface area contributed by atoms with E-state index in [-0.39, 0.29) is 0 Å². The van der Waals surface area contributed by atoms with Crippen molar-refractivity contribution in [2.45, 2.75) is 63.1 Å². The summed E-state index contributed by atoms with van der Waals surface area (Å²) in [5.74, 6) is 1.24. The molecule has 174 valence electrons. The highest BCUT2D eigenvalue weighted by molar-refractivity contribution is 7.90. The van der Waals surface area contributed by atoms with E-state index in [4.69, 9.17) is 0 Å². The van der Waals surface area contributed by atoms with Gasteiger partial charge in [0.05, 0.1) is 4.90 Å². The zero-order chi connectivity index (χ0) is 23.0. The van der Waals surface area contributed by atoms with Crippen LogP contribution >= 0.6 is 0 Å². The number of anilines is 4. The van der Waals surface area contributed by atoms with Crippen molar-refractivity contribution < 1.29 is 8.42 Å². The quantitative estimate of drug-likeness (QED) is 0.622. The van der Waals surface area contributed by atoms with Crippen molar-refractivity contribution in [2.24, 2.45) is 0 Å². The number of rotatable bonds is 8. The van der Waals surface area contributed by atoms with Crippen molar-refractivity contribution in [2.75, 3.05) is 41.9 Å². The summed E-state index contributed by atoms with van der Waals surface area (Å²) in [7, 11) is -1.20. The molecule has 0 radical (unpaired) electrons. The number of hydrogen-bond acceptors (Lipinski definition) is 8. The maximum absolute atomic E-state index is 12.4. The standard InChI is InChI=1S/C23H34N6O2S/c1-6-7-16(3)25-22-15(2)12-24-23(27-22)26-17-8-18(11-21(9-17)32(5,30)31)29-14-19-10-20(29)13-28(19)4/h8-9,11-12,16,19-20H,6-7,10,13-14H2,1-5H3,(H2,24,25,26,27)/t16-,19+,20+/m1/s1. The maximum atomic E-state index is 12.4. The molecule has 1 aromatic carbocycles. The summed E-state index contributed by atoms with van der Waals surface area (Å²) in [6.45, 7) is 8.20. The number of fused-ring (bicyclic) bond motifs is 2. The molecule has 32 heavy (non-hydrogen) atoms. The molecule has 8 nitrogen and oxygen atoms in total. The molecule has 2 aliphatic heterocycles. The second-order valence-electron chi connectivity index (χ2n) is 9.31. The molecule has 0 spiro atoms. The molecule has 9 heteroatoms. The molecule has 2 bridgehead atoms. The summed E-state index contributed by atoms with van der Waals surface area (Å²) in [6.07, 6.45) is 6.30. The molecule has 3 heterocycles. The minimum absolute atomic E-state index is 0.302. The van der Waals surface area contributed by atoms with Crippen LogP contribution in [0.1, 0.15) is 38.7 Å². The summed E-state index contributed by atoms with van der Waals surface area (Å²) in [6, 6.07) is 6.71. The highest BCUT2D eigenvalue weighted by Gasteiger charge is 2.41. The lowest BCUT2D eigenvalue weighted by atomic mass is 10.2. The second kappa shape index (κ2) is 8.86. The van der Waals surface area contributed by atoms with Gasteiger partial charge in [0.15, 0.2) is 9.84 Å². The molecule has 0 amide bonds. The lowest BCUT2D eigenvalue weighted by Crippen LogP contribution is -2.44. The molecule has 1 aromatic heterocycles. The number of piperazine rings is 1. The van der Waals surface area contributed by atoms with Gasteiger partial charge < -0.3 is 15.5 Å². The highest BCUT2D eigenvalue weighted by Crippen LogP contribution is 2.36. The summed E-state index contributed by atoms with van der Waals surface area (Å²) in [5.41, 5.74) is 2.58. The van der Waals surface area contributed by atoms with E-state index in [9.17, 15) is 8.42 Å². The van der Waals surface area contributed by atoms with Crippen LogP contribution in [-0.2, 0) is 9.84 Å². The Bertz CT molecular complexity index is 1090. The van der Waals surface area contributed by atoms with E-state index in [1.165, 1.54) is 6.26 Å². The van der Waals surface area contributed by atoms with Crippen LogP contribution < -0.4 is 15.5 Å². The fourth-order valence-electron chi connectivity index (χ4n) is 4.73. The molecule has 3 atom stereocenters. The van der Waals surface area contributed by atoms with Crippen LogP contribution in [0.15, 0.2) is 29.3 Å². The molecular weight excluding hydrogens is 424 g/mol. The molecule has 2 fully saturated rings. The summed E-state index contributed by atoms with van der Waals surface area (Å²) < 4.78 is 24.8. The number of benzene rings is 1. The lowest BCUT2D eigenvalue weighted by Gasteiger charge is -2.34. The van der Waals surface area contributed by atoms with Crippen LogP contribution in [0.5, 0.6) is 0 Å². The topological polar surface area (TPSA) is 90.5 Å².